The van der Waals surface area contributed by atoms with Crippen molar-refractivity contribution in [3.8, 4) is 0 Å². The number of halogens is 2. The van der Waals surface area contributed by atoms with E-state index in [1.807, 2.05) is 6.07 Å². The largest absolute Gasteiger partial charge is 0.462 e. The van der Waals surface area contributed by atoms with Crippen LogP contribution in [-0.4, -0.2) is 18.5 Å². The maximum absolute atomic E-state index is 12.1. The van der Waals surface area contributed by atoms with Crippen molar-refractivity contribution in [3.05, 3.63) is 63.6 Å². The molecule has 23 heavy (non-hydrogen) atoms. The molecule has 0 aliphatic heterocycles. The first-order chi connectivity index (χ1) is 11.0. The summed E-state index contributed by atoms with van der Waals surface area (Å²) in [5.41, 5.74) is 1.50. The molecule has 120 valence electrons. The van der Waals surface area contributed by atoms with Crippen LogP contribution in [0.15, 0.2) is 42.5 Å². The van der Waals surface area contributed by atoms with E-state index in [9.17, 15) is 9.59 Å². The third-order valence-corrected chi connectivity index (χ3v) is 3.74. The maximum atomic E-state index is 12.1. The highest BCUT2D eigenvalue weighted by Gasteiger charge is 2.13. The van der Waals surface area contributed by atoms with Gasteiger partial charge in [-0.1, -0.05) is 41.4 Å². The molecule has 1 N–H and O–H groups in total. The number of esters is 1. The molecule has 6 heteroatoms. The van der Waals surface area contributed by atoms with E-state index in [4.69, 9.17) is 27.9 Å². The van der Waals surface area contributed by atoms with Crippen molar-refractivity contribution in [2.75, 3.05) is 11.9 Å². The maximum Gasteiger partial charge on any atom is 0.339 e. The number of carbonyl (C=O) groups excluding carboxylic acids is 2. The lowest BCUT2D eigenvalue weighted by Gasteiger charge is -2.09. The van der Waals surface area contributed by atoms with Gasteiger partial charge in [0.2, 0.25) is 5.91 Å². The first-order valence-corrected chi connectivity index (χ1v) is 7.76. The number of hydrogen-bond donors (Lipinski definition) is 1. The predicted octanol–water partition coefficient (Wildman–Crippen LogP) is 4.35. The van der Waals surface area contributed by atoms with Crippen LogP contribution >= 0.6 is 23.2 Å². The van der Waals surface area contributed by atoms with E-state index in [2.05, 4.69) is 5.32 Å². The van der Waals surface area contributed by atoms with Gasteiger partial charge in [-0.3, -0.25) is 4.79 Å². The fourth-order valence-electron chi connectivity index (χ4n) is 1.99. The fraction of sp³-hybridized carbons (Fsp3) is 0.176. The van der Waals surface area contributed by atoms with Crippen LogP contribution < -0.4 is 5.32 Å². The van der Waals surface area contributed by atoms with E-state index in [1.165, 1.54) is 12.1 Å². The van der Waals surface area contributed by atoms with Gasteiger partial charge in [-0.15, -0.1) is 0 Å². The molecule has 0 radical (unpaired) electrons. The van der Waals surface area contributed by atoms with Gasteiger partial charge in [0.15, 0.2) is 0 Å². The summed E-state index contributed by atoms with van der Waals surface area (Å²) in [5.74, 6) is -0.718. The van der Waals surface area contributed by atoms with Gasteiger partial charge < -0.3 is 10.1 Å². The van der Waals surface area contributed by atoms with Crippen LogP contribution in [-0.2, 0) is 16.0 Å². The van der Waals surface area contributed by atoms with Crippen LogP contribution in [0.3, 0.4) is 0 Å². The zero-order chi connectivity index (χ0) is 16.8. The Bertz CT molecular complexity index is 732. The molecule has 0 bridgehead atoms. The second-order valence-electron chi connectivity index (χ2n) is 4.73. The van der Waals surface area contributed by atoms with E-state index >= 15 is 0 Å². The van der Waals surface area contributed by atoms with Gasteiger partial charge in [-0.25, -0.2) is 4.79 Å². The van der Waals surface area contributed by atoms with Crippen LogP contribution in [0.1, 0.15) is 22.8 Å². The van der Waals surface area contributed by atoms with E-state index in [0.29, 0.717) is 10.7 Å². The predicted molar refractivity (Wildman–Crippen MR) is 91.2 cm³/mol. The lowest BCUT2D eigenvalue weighted by Crippen LogP contribution is -2.15. The number of hydrogen-bond acceptors (Lipinski definition) is 3. The Morgan fingerprint density at radius 2 is 1.83 bits per heavy atom. The average Bonchev–Trinajstić information content (AvgIpc) is 2.50. The molecule has 0 saturated heterocycles. The van der Waals surface area contributed by atoms with E-state index in [-0.39, 0.29) is 29.5 Å². The Hall–Kier alpha value is -2.04. The number of anilines is 1. The Morgan fingerprint density at radius 1 is 1.09 bits per heavy atom. The molecule has 2 aromatic carbocycles. The smallest absolute Gasteiger partial charge is 0.339 e. The van der Waals surface area contributed by atoms with E-state index < -0.39 is 5.97 Å². The zero-order valence-electron chi connectivity index (χ0n) is 12.4. The molecular weight excluding hydrogens is 337 g/mol. The van der Waals surface area contributed by atoms with E-state index in [0.717, 1.165) is 5.56 Å². The first kappa shape index (κ1) is 17.3. The molecule has 0 aliphatic carbocycles. The highest BCUT2D eigenvalue weighted by Crippen LogP contribution is 2.22. The molecule has 0 atom stereocenters. The van der Waals surface area contributed by atoms with Crippen molar-refractivity contribution in [1.29, 1.82) is 0 Å². The molecule has 0 aliphatic rings. The number of rotatable bonds is 5. The Balaban J connectivity index is 2.06. The Kier molecular flexibility index (Phi) is 6.02. The van der Waals surface area contributed by atoms with Crippen molar-refractivity contribution >= 4 is 40.8 Å². The molecule has 0 fully saturated rings. The molecule has 0 saturated carbocycles. The minimum absolute atomic E-state index is 0.150. The molecular formula is C17H15Cl2NO3. The molecule has 0 heterocycles. The van der Waals surface area contributed by atoms with Crippen molar-refractivity contribution in [2.24, 2.45) is 0 Å². The number of carbonyl (C=O) groups is 2. The third kappa shape index (κ3) is 4.71. The molecule has 1 amide bonds. The lowest BCUT2D eigenvalue weighted by molar-refractivity contribution is -0.115. The van der Waals surface area contributed by atoms with E-state index in [1.54, 1.807) is 31.2 Å². The van der Waals surface area contributed by atoms with Crippen molar-refractivity contribution in [3.63, 3.8) is 0 Å². The Labute approximate surface area is 144 Å². The summed E-state index contributed by atoms with van der Waals surface area (Å²) >= 11 is 12.1. The van der Waals surface area contributed by atoms with Crippen LogP contribution in [0, 0.1) is 0 Å². The summed E-state index contributed by atoms with van der Waals surface area (Å²) in [6.07, 6.45) is 0.150. The second kappa shape index (κ2) is 7.99. The van der Waals surface area contributed by atoms with Crippen LogP contribution in [0.2, 0.25) is 10.0 Å². The molecule has 2 rings (SSSR count). The number of nitrogens with one attached hydrogen (secondary N) is 1. The summed E-state index contributed by atoms with van der Waals surface area (Å²) in [5, 5.41) is 3.48. The Morgan fingerprint density at radius 3 is 2.48 bits per heavy atom. The second-order valence-corrected chi connectivity index (χ2v) is 5.55. The minimum atomic E-state index is -0.494. The summed E-state index contributed by atoms with van der Waals surface area (Å²) in [6.45, 7) is 1.99. The quantitative estimate of drug-likeness (QED) is 0.814. The van der Waals surface area contributed by atoms with Crippen molar-refractivity contribution in [2.45, 2.75) is 13.3 Å². The molecule has 0 spiro atoms. The van der Waals surface area contributed by atoms with Crippen molar-refractivity contribution < 1.29 is 14.3 Å². The van der Waals surface area contributed by atoms with Crippen LogP contribution in [0.5, 0.6) is 0 Å². The zero-order valence-corrected chi connectivity index (χ0v) is 13.9. The minimum Gasteiger partial charge on any atom is -0.462 e. The SMILES string of the molecule is CCOC(=O)c1ccc(NC(=O)Cc2ccccc2Cl)cc1Cl. The van der Waals surface area contributed by atoms with Gasteiger partial charge >= 0.3 is 5.97 Å². The summed E-state index contributed by atoms with van der Waals surface area (Å²) in [4.78, 5) is 23.7. The van der Waals surface area contributed by atoms with Gasteiger partial charge in [0, 0.05) is 10.7 Å². The highest BCUT2D eigenvalue weighted by atomic mass is 35.5. The van der Waals surface area contributed by atoms with Gasteiger partial charge in [0.05, 0.1) is 23.6 Å². The van der Waals surface area contributed by atoms with Gasteiger partial charge in [-0.05, 0) is 36.8 Å². The summed E-state index contributed by atoms with van der Waals surface area (Å²) < 4.78 is 4.90. The average molecular weight is 352 g/mol. The molecule has 0 aromatic heterocycles. The van der Waals surface area contributed by atoms with Gasteiger partial charge in [-0.2, -0.15) is 0 Å². The monoisotopic (exact) mass is 351 g/mol. The molecule has 0 unspecified atom stereocenters. The standard InChI is InChI=1S/C17H15Cl2NO3/c1-2-23-17(22)13-8-7-12(10-15(13)19)20-16(21)9-11-5-3-4-6-14(11)18/h3-8,10H,2,9H2,1H3,(H,20,21). The highest BCUT2D eigenvalue weighted by molar-refractivity contribution is 6.34. The normalized spacial score (nSPS) is 10.2. The topological polar surface area (TPSA) is 55.4 Å². The van der Waals surface area contributed by atoms with Gasteiger partial charge in [0.25, 0.3) is 0 Å². The van der Waals surface area contributed by atoms with Crippen molar-refractivity contribution in [1.82, 2.24) is 0 Å². The van der Waals surface area contributed by atoms with Crippen LogP contribution in [0.25, 0.3) is 0 Å². The summed E-state index contributed by atoms with van der Waals surface area (Å²) in [6, 6.07) is 11.8. The fourth-order valence-corrected chi connectivity index (χ4v) is 2.45. The summed E-state index contributed by atoms with van der Waals surface area (Å²) in [7, 11) is 0. The number of ether oxygens (including phenoxy) is 1. The third-order valence-electron chi connectivity index (χ3n) is 3.06. The van der Waals surface area contributed by atoms with Crippen LogP contribution in [0.4, 0.5) is 5.69 Å². The lowest BCUT2D eigenvalue weighted by atomic mass is 10.1. The molecule has 4 nitrogen and oxygen atoms in total. The van der Waals surface area contributed by atoms with Gasteiger partial charge in [0.1, 0.15) is 0 Å². The number of amides is 1. The molecule has 2 aromatic rings. The number of benzene rings is 2. The first-order valence-electron chi connectivity index (χ1n) is 7.01.